The first kappa shape index (κ1) is 24.1. The number of amides is 2. The van der Waals surface area contributed by atoms with Crippen LogP contribution in [0.25, 0.3) is 0 Å². The van der Waals surface area contributed by atoms with Gasteiger partial charge in [-0.3, -0.25) is 14.6 Å². The first-order valence-electron chi connectivity index (χ1n) is 9.65. The minimum absolute atomic E-state index is 0.0221. The van der Waals surface area contributed by atoms with Crippen LogP contribution < -0.4 is 27.8 Å². The van der Waals surface area contributed by atoms with Crippen molar-refractivity contribution in [3.63, 3.8) is 0 Å². The molecule has 0 saturated carbocycles. The van der Waals surface area contributed by atoms with Gasteiger partial charge in [0, 0.05) is 6.54 Å². The molecule has 0 aromatic heterocycles. The Morgan fingerprint density at radius 2 is 1.76 bits per heavy atom. The molecule has 2 amide bonds. The summed E-state index contributed by atoms with van der Waals surface area (Å²) in [4.78, 5) is 40.2. The van der Waals surface area contributed by atoms with E-state index in [1.54, 1.807) is 0 Å². The van der Waals surface area contributed by atoms with Gasteiger partial charge in [-0.2, -0.15) is 0 Å². The summed E-state index contributed by atoms with van der Waals surface area (Å²) in [6.07, 6.45) is 1.94. The highest BCUT2D eigenvalue weighted by molar-refractivity contribution is 5.91. The average Bonchev–Trinajstić information content (AvgIpc) is 2.68. The summed E-state index contributed by atoms with van der Waals surface area (Å²) in [5, 5.41) is 5.36. The van der Waals surface area contributed by atoms with Gasteiger partial charge in [-0.1, -0.05) is 44.2 Å². The Hall–Kier alpha value is -2.94. The highest BCUT2D eigenvalue weighted by Gasteiger charge is 2.27. The van der Waals surface area contributed by atoms with Gasteiger partial charge in [-0.15, -0.1) is 0 Å². The van der Waals surface area contributed by atoms with Crippen molar-refractivity contribution in [3.8, 4) is 0 Å². The monoisotopic (exact) mass is 404 g/mol. The van der Waals surface area contributed by atoms with E-state index in [9.17, 15) is 14.4 Å². The van der Waals surface area contributed by atoms with E-state index in [0.717, 1.165) is 5.56 Å². The molecule has 0 aliphatic rings. The minimum Gasteiger partial charge on any atom is -0.370 e. The highest BCUT2D eigenvalue weighted by Crippen LogP contribution is 2.06. The molecule has 9 nitrogen and oxygen atoms in total. The summed E-state index contributed by atoms with van der Waals surface area (Å²) >= 11 is 0. The van der Waals surface area contributed by atoms with Gasteiger partial charge in [0.15, 0.2) is 5.96 Å². The zero-order valence-electron chi connectivity index (χ0n) is 17.0. The Morgan fingerprint density at radius 1 is 1.10 bits per heavy atom. The molecule has 0 spiro atoms. The number of guanidine groups is 1. The Balaban J connectivity index is 2.62. The quantitative estimate of drug-likeness (QED) is 0.135. The van der Waals surface area contributed by atoms with Crippen LogP contribution in [0.4, 0.5) is 0 Å². The maximum Gasteiger partial charge on any atom is 0.243 e. The largest absolute Gasteiger partial charge is 0.370 e. The van der Waals surface area contributed by atoms with Crippen molar-refractivity contribution < 1.29 is 14.4 Å². The molecule has 0 unspecified atom stereocenters. The molecule has 160 valence electrons. The third kappa shape index (κ3) is 9.20. The molecule has 0 aliphatic carbocycles. The summed E-state index contributed by atoms with van der Waals surface area (Å²) < 4.78 is 0. The van der Waals surface area contributed by atoms with Crippen LogP contribution in [0.3, 0.4) is 0 Å². The van der Waals surface area contributed by atoms with Crippen LogP contribution in [0.5, 0.6) is 0 Å². The molecule has 0 saturated heterocycles. The number of rotatable bonds is 12. The van der Waals surface area contributed by atoms with Gasteiger partial charge in [-0.25, -0.2) is 0 Å². The van der Waals surface area contributed by atoms with E-state index in [0.29, 0.717) is 32.1 Å². The third-order valence-electron chi connectivity index (χ3n) is 4.34. The predicted molar refractivity (Wildman–Crippen MR) is 113 cm³/mol. The maximum atomic E-state index is 12.6. The average molecular weight is 405 g/mol. The summed E-state index contributed by atoms with van der Waals surface area (Å²) in [6, 6.07) is 7.13. The molecule has 3 atom stereocenters. The van der Waals surface area contributed by atoms with Crippen LogP contribution in [0.1, 0.15) is 32.3 Å². The number of benzene rings is 1. The Morgan fingerprint density at radius 3 is 2.31 bits per heavy atom. The molecular formula is C20H32N6O3. The van der Waals surface area contributed by atoms with Crippen LogP contribution >= 0.6 is 0 Å². The van der Waals surface area contributed by atoms with Crippen molar-refractivity contribution in [1.29, 1.82) is 0 Å². The van der Waals surface area contributed by atoms with Crippen LogP contribution in [-0.2, 0) is 20.8 Å². The molecule has 1 aromatic carbocycles. The Bertz CT molecular complexity index is 689. The summed E-state index contributed by atoms with van der Waals surface area (Å²) in [5.74, 6) is -1.06. The van der Waals surface area contributed by atoms with E-state index >= 15 is 0 Å². The van der Waals surface area contributed by atoms with Gasteiger partial charge in [0.2, 0.25) is 11.8 Å². The lowest BCUT2D eigenvalue weighted by Crippen LogP contribution is -2.55. The molecule has 0 bridgehead atoms. The van der Waals surface area contributed by atoms with Crippen molar-refractivity contribution in [2.75, 3.05) is 6.54 Å². The van der Waals surface area contributed by atoms with Crippen LogP contribution in [0.2, 0.25) is 0 Å². The van der Waals surface area contributed by atoms with Crippen LogP contribution in [-0.4, -0.2) is 48.7 Å². The smallest absolute Gasteiger partial charge is 0.243 e. The maximum absolute atomic E-state index is 12.6. The number of aldehydes is 1. The van der Waals surface area contributed by atoms with Gasteiger partial charge in [0.25, 0.3) is 0 Å². The van der Waals surface area contributed by atoms with E-state index in [4.69, 9.17) is 17.2 Å². The number of nitrogens with two attached hydrogens (primary N) is 3. The normalized spacial score (nSPS) is 13.8. The molecule has 0 fully saturated rings. The van der Waals surface area contributed by atoms with Crippen molar-refractivity contribution in [1.82, 2.24) is 10.6 Å². The molecule has 0 aliphatic heterocycles. The standard InChI is InChI=1S/C20H32N6O3/c1-13(2)17(19(29)25-15(12-27)9-6-10-24-20(22)23)26-18(28)16(21)11-14-7-4-3-5-8-14/h3-5,7-8,12-13,15-17H,6,9-11,21H2,1-2H3,(H,25,29)(H,26,28)(H4,22,23,24)/t15-,16-,17-/m0/s1. The number of hydrogen-bond donors (Lipinski definition) is 5. The molecule has 0 heterocycles. The van der Waals surface area contributed by atoms with Crippen molar-refractivity contribution in [2.24, 2.45) is 28.1 Å². The van der Waals surface area contributed by atoms with E-state index in [-0.39, 0.29) is 11.9 Å². The van der Waals surface area contributed by atoms with Crippen molar-refractivity contribution >= 4 is 24.1 Å². The zero-order chi connectivity index (χ0) is 21.8. The molecule has 0 radical (unpaired) electrons. The topological polar surface area (TPSA) is 166 Å². The number of nitrogens with one attached hydrogen (secondary N) is 2. The second kappa shape index (κ2) is 12.5. The number of carbonyl (C=O) groups is 3. The lowest BCUT2D eigenvalue weighted by Gasteiger charge is -2.25. The highest BCUT2D eigenvalue weighted by atomic mass is 16.2. The summed E-state index contributed by atoms with van der Waals surface area (Å²) in [7, 11) is 0. The molecule has 29 heavy (non-hydrogen) atoms. The van der Waals surface area contributed by atoms with Crippen LogP contribution in [0, 0.1) is 5.92 Å². The fourth-order valence-electron chi connectivity index (χ4n) is 2.72. The molecule has 1 aromatic rings. The first-order chi connectivity index (χ1) is 13.7. The summed E-state index contributed by atoms with van der Waals surface area (Å²) in [6.45, 7) is 3.98. The molecule has 8 N–H and O–H groups in total. The van der Waals surface area contributed by atoms with Gasteiger partial charge in [0.1, 0.15) is 12.3 Å². The fraction of sp³-hybridized carbons (Fsp3) is 0.500. The Kier molecular flexibility index (Phi) is 10.4. The second-order valence-electron chi connectivity index (χ2n) is 7.23. The Labute approximate surface area is 171 Å². The van der Waals surface area contributed by atoms with Gasteiger partial charge >= 0.3 is 0 Å². The van der Waals surface area contributed by atoms with Crippen LogP contribution in [0.15, 0.2) is 35.3 Å². The number of nitrogens with zero attached hydrogens (tertiary/aromatic N) is 1. The zero-order valence-corrected chi connectivity index (χ0v) is 17.0. The third-order valence-corrected chi connectivity index (χ3v) is 4.34. The summed E-state index contributed by atoms with van der Waals surface area (Å²) in [5.41, 5.74) is 17.4. The van der Waals surface area contributed by atoms with Gasteiger partial charge < -0.3 is 32.6 Å². The second-order valence-corrected chi connectivity index (χ2v) is 7.23. The van der Waals surface area contributed by atoms with Gasteiger partial charge in [-0.05, 0) is 30.7 Å². The predicted octanol–water partition coefficient (Wildman–Crippen LogP) is -0.565. The SMILES string of the molecule is CC(C)[C@H](NC(=O)[C@@H](N)Cc1ccccc1)C(=O)N[C@H](C=O)CCCN=C(N)N. The lowest BCUT2D eigenvalue weighted by atomic mass is 10.0. The number of aliphatic imine (C=N–C) groups is 1. The van der Waals surface area contributed by atoms with E-state index in [1.165, 1.54) is 0 Å². The molecule has 1 rings (SSSR count). The molecular weight excluding hydrogens is 372 g/mol. The first-order valence-corrected chi connectivity index (χ1v) is 9.65. The lowest BCUT2D eigenvalue weighted by molar-refractivity contribution is -0.131. The van der Waals surface area contributed by atoms with Gasteiger partial charge in [0.05, 0.1) is 12.1 Å². The van der Waals surface area contributed by atoms with E-state index < -0.39 is 29.9 Å². The molecule has 9 heteroatoms. The van der Waals surface area contributed by atoms with E-state index in [1.807, 2.05) is 44.2 Å². The number of carbonyl (C=O) groups excluding carboxylic acids is 3. The van der Waals surface area contributed by atoms with E-state index in [2.05, 4.69) is 15.6 Å². The minimum atomic E-state index is -0.801. The fourth-order valence-corrected chi connectivity index (χ4v) is 2.72. The van der Waals surface area contributed by atoms with Crippen molar-refractivity contribution in [3.05, 3.63) is 35.9 Å². The number of hydrogen-bond acceptors (Lipinski definition) is 5. The van der Waals surface area contributed by atoms with Crippen molar-refractivity contribution in [2.45, 2.75) is 51.2 Å².